The Labute approximate surface area is 61.2 Å². The Kier molecular flexibility index (Phi) is 1.29. The Morgan fingerprint density at radius 2 is 2.30 bits per heavy atom. The van der Waals surface area contributed by atoms with Gasteiger partial charge < -0.3 is 9.84 Å². The van der Waals surface area contributed by atoms with Crippen molar-refractivity contribution in [2.75, 3.05) is 7.11 Å². The maximum Gasteiger partial charge on any atom is 0.0676 e. The SMILES string of the molecule is COC1CC2(O)CCC1C2. The molecule has 0 amide bonds. The predicted molar refractivity (Wildman–Crippen MR) is 37.7 cm³/mol. The van der Waals surface area contributed by atoms with Crippen LogP contribution in [0.15, 0.2) is 0 Å². The molecule has 2 rings (SSSR count). The third-order valence-corrected chi connectivity index (χ3v) is 3.03. The molecule has 3 atom stereocenters. The molecule has 0 spiro atoms. The number of methoxy groups -OCH3 is 1. The van der Waals surface area contributed by atoms with Crippen molar-refractivity contribution < 1.29 is 9.84 Å². The van der Waals surface area contributed by atoms with E-state index in [1.807, 2.05) is 0 Å². The summed E-state index contributed by atoms with van der Waals surface area (Å²) in [6.07, 6.45) is 4.35. The number of aliphatic hydroxyl groups is 1. The van der Waals surface area contributed by atoms with Crippen molar-refractivity contribution in [1.82, 2.24) is 0 Å². The minimum Gasteiger partial charge on any atom is -0.390 e. The van der Waals surface area contributed by atoms with Crippen molar-refractivity contribution in [3.8, 4) is 0 Å². The first-order valence-corrected chi connectivity index (χ1v) is 3.99. The van der Waals surface area contributed by atoms with Crippen LogP contribution in [0, 0.1) is 5.92 Å². The topological polar surface area (TPSA) is 29.5 Å². The van der Waals surface area contributed by atoms with Crippen LogP contribution < -0.4 is 0 Å². The maximum atomic E-state index is 9.76. The molecule has 2 aliphatic rings. The Morgan fingerprint density at radius 3 is 2.60 bits per heavy atom. The molecule has 0 aromatic rings. The lowest BCUT2D eigenvalue weighted by Gasteiger charge is -2.24. The van der Waals surface area contributed by atoms with Gasteiger partial charge in [-0.25, -0.2) is 0 Å². The monoisotopic (exact) mass is 142 g/mol. The lowest BCUT2D eigenvalue weighted by atomic mass is 9.95. The van der Waals surface area contributed by atoms with E-state index in [9.17, 15) is 5.11 Å². The van der Waals surface area contributed by atoms with Gasteiger partial charge in [-0.05, 0) is 25.2 Å². The molecule has 2 bridgehead atoms. The van der Waals surface area contributed by atoms with E-state index >= 15 is 0 Å². The van der Waals surface area contributed by atoms with Gasteiger partial charge in [0.1, 0.15) is 0 Å². The van der Waals surface area contributed by atoms with Crippen LogP contribution in [-0.4, -0.2) is 23.9 Å². The van der Waals surface area contributed by atoms with E-state index in [1.165, 1.54) is 0 Å². The van der Waals surface area contributed by atoms with Crippen LogP contribution in [0.1, 0.15) is 25.7 Å². The van der Waals surface area contributed by atoms with E-state index in [0.717, 1.165) is 25.7 Å². The zero-order chi connectivity index (χ0) is 7.19. The molecule has 0 aromatic carbocycles. The third-order valence-electron chi connectivity index (χ3n) is 3.03. The Bertz CT molecular complexity index is 146. The molecule has 10 heavy (non-hydrogen) atoms. The van der Waals surface area contributed by atoms with Gasteiger partial charge in [0.05, 0.1) is 11.7 Å². The van der Waals surface area contributed by atoms with Crippen LogP contribution in [0.2, 0.25) is 0 Å². The Hall–Kier alpha value is -0.0800. The summed E-state index contributed by atoms with van der Waals surface area (Å²) in [5.74, 6) is 0.648. The molecule has 0 aromatic heterocycles. The van der Waals surface area contributed by atoms with Gasteiger partial charge in [0, 0.05) is 13.5 Å². The molecule has 1 N–H and O–H groups in total. The van der Waals surface area contributed by atoms with E-state index < -0.39 is 0 Å². The van der Waals surface area contributed by atoms with Crippen LogP contribution in [0.25, 0.3) is 0 Å². The summed E-state index contributed by atoms with van der Waals surface area (Å²) in [7, 11) is 1.74. The summed E-state index contributed by atoms with van der Waals surface area (Å²) < 4.78 is 5.25. The molecule has 2 heteroatoms. The number of fused-ring (bicyclic) bond motifs is 2. The van der Waals surface area contributed by atoms with E-state index in [-0.39, 0.29) is 5.60 Å². The first-order chi connectivity index (χ1) is 4.73. The van der Waals surface area contributed by atoms with Crippen LogP contribution in [0.3, 0.4) is 0 Å². The first kappa shape index (κ1) is 6.62. The van der Waals surface area contributed by atoms with Crippen LogP contribution in [-0.2, 0) is 4.74 Å². The average Bonchev–Trinajstić information content (AvgIpc) is 2.41. The van der Waals surface area contributed by atoms with Gasteiger partial charge in [0.25, 0.3) is 0 Å². The maximum absolute atomic E-state index is 9.76. The highest BCUT2D eigenvalue weighted by Gasteiger charge is 2.49. The second kappa shape index (κ2) is 1.95. The lowest BCUT2D eigenvalue weighted by Crippen LogP contribution is -2.27. The van der Waals surface area contributed by atoms with Gasteiger partial charge in [-0.2, -0.15) is 0 Å². The summed E-state index contributed by atoms with van der Waals surface area (Å²) in [5, 5.41) is 9.76. The number of hydrogen-bond acceptors (Lipinski definition) is 2. The zero-order valence-electron chi connectivity index (χ0n) is 6.34. The molecule has 2 saturated carbocycles. The summed E-state index contributed by atoms with van der Waals surface area (Å²) in [5.41, 5.74) is -0.342. The van der Waals surface area contributed by atoms with E-state index in [2.05, 4.69) is 0 Å². The van der Waals surface area contributed by atoms with Crippen LogP contribution in [0.4, 0.5) is 0 Å². The zero-order valence-corrected chi connectivity index (χ0v) is 6.34. The van der Waals surface area contributed by atoms with Crippen molar-refractivity contribution >= 4 is 0 Å². The number of ether oxygens (including phenoxy) is 1. The highest BCUT2D eigenvalue weighted by atomic mass is 16.5. The van der Waals surface area contributed by atoms with Gasteiger partial charge in [0.15, 0.2) is 0 Å². The van der Waals surface area contributed by atoms with Gasteiger partial charge >= 0.3 is 0 Å². The van der Waals surface area contributed by atoms with Gasteiger partial charge in [-0.1, -0.05) is 0 Å². The molecule has 2 fully saturated rings. The highest BCUT2D eigenvalue weighted by Crippen LogP contribution is 2.48. The fraction of sp³-hybridized carbons (Fsp3) is 1.00. The van der Waals surface area contributed by atoms with Crippen molar-refractivity contribution in [3.05, 3.63) is 0 Å². The first-order valence-electron chi connectivity index (χ1n) is 3.99. The summed E-state index contributed by atoms with van der Waals surface area (Å²) in [6, 6.07) is 0. The van der Waals surface area contributed by atoms with Gasteiger partial charge in [0.2, 0.25) is 0 Å². The molecule has 2 nitrogen and oxygen atoms in total. The average molecular weight is 142 g/mol. The third kappa shape index (κ3) is 0.789. The standard InChI is InChI=1S/C8H14O2/c1-10-7-5-8(9)3-2-6(7)4-8/h6-7,9H,2-5H2,1H3. The molecular weight excluding hydrogens is 128 g/mol. The van der Waals surface area contributed by atoms with E-state index in [1.54, 1.807) is 7.11 Å². The number of rotatable bonds is 1. The summed E-state index contributed by atoms with van der Waals surface area (Å²) >= 11 is 0. The van der Waals surface area contributed by atoms with Gasteiger partial charge in [-0.15, -0.1) is 0 Å². The normalized spacial score (nSPS) is 52.2. The quantitative estimate of drug-likeness (QED) is 0.590. The summed E-state index contributed by atoms with van der Waals surface area (Å²) in [4.78, 5) is 0. The summed E-state index contributed by atoms with van der Waals surface area (Å²) in [6.45, 7) is 0. The van der Waals surface area contributed by atoms with Crippen molar-refractivity contribution in [2.45, 2.75) is 37.4 Å². The highest BCUT2D eigenvalue weighted by molar-refractivity contribution is 5.01. The predicted octanol–water partition coefficient (Wildman–Crippen LogP) is 0.936. The van der Waals surface area contributed by atoms with Crippen molar-refractivity contribution in [1.29, 1.82) is 0 Å². The minimum absolute atomic E-state index is 0.342. The Balaban J connectivity index is 2.10. The van der Waals surface area contributed by atoms with E-state index in [0.29, 0.717) is 12.0 Å². The molecular formula is C8H14O2. The molecule has 0 radical (unpaired) electrons. The van der Waals surface area contributed by atoms with E-state index in [4.69, 9.17) is 4.74 Å². The lowest BCUT2D eigenvalue weighted by molar-refractivity contribution is -0.00143. The minimum atomic E-state index is -0.342. The van der Waals surface area contributed by atoms with Crippen molar-refractivity contribution in [3.63, 3.8) is 0 Å². The van der Waals surface area contributed by atoms with Crippen LogP contribution >= 0.6 is 0 Å². The number of hydrogen-bond donors (Lipinski definition) is 1. The van der Waals surface area contributed by atoms with Gasteiger partial charge in [-0.3, -0.25) is 0 Å². The largest absolute Gasteiger partial charge is 0.390 e. The molecule has 0 aliphatic heterocycles. The second-order valence-electron chi connectivity index (χ2n) is 3.71. The molecule has 0 heterocycles. The molecule has 3 unspecified atom stereocenters. The molecule has 58 valence electrons. The van der Waals surface area contributed by atoms with Crippen molar-refractivity contribution in [2.24, 2.45) is 5.92 Å². The molecule has 2 aliphatic carbocycles. The van der Waals surface area contributed by atoms with Crippen LogP contribution in [0.5, 0.6) is 0 Å². The smallest absolute Gasteiger partial charge is 0.0676 e. The fourth-order valence-corrected chi connectivity index (χ4v) is 2.47. The Morgan fingerprint density at radius 1 is 1.50 bits per heavy atom. The molecule has 0 saturated heterocycles. The second-order valence-corrected chi connectivity index (χ2v) is 3.71. The fourth-order valence-electron chi connectivity index (χ4n) is 2.47.